The Morgan fingerprint density at radius 2 is 2.00 bits per heavy atom. The first-order valence-electron chi connectivity index (χ1n) is 8.29. The third-order valence-electron chi connectivity index (χ3n) is 4.87. The molecule has 0 saturated carbocycles. The number of rotatable bonds is 2. The summed E-state index contributed by atoms with van der Waals surface area (Å²) in [5.41, 5.74) is 7.99. The molecule has 0 bridgehead atoms. The van der Waals surface area contributed by atoms with E-state index in [0.29, 0.717) is 15.7 Å². The van der Waals surface area contributed by atoms with Crippen LogP contribution < -0.4 is 11.3 Å². The second-order valence-electron chi connectivity index (χ2n) is 6.56. The molecular formula is C20H16BrFN4O. The predicted molar refractivity (Wildman–Crippen MR) is 105 cm³/mol. The van der Waals surface area contributed by atoms with Crippen molar-refractivity contribution in [2.45, 2.75) is 12.5 Å². The van der Waals surface area contributed by atoms with Crippen molar-refractivity contribution in [3.63, 3.8) is 0 Å². The summed E-state index contributed by atoms with van der Waals surface area (Å²) < 4.78 is 16.7. The lowest BCUT2D eigenvalue weighted by molar-refractivity contribution is 0.613. The summed E-state index contributed by atoms with van der Waals surface area (Å²) >= 11 is 3.40. The van der Waals surface area contributed by atoms with Gasteiger partial charge in [-0.3, -0.25) is 4.79 Å². The molecule has 0 saturated heterocycles. The first-order chi connectivity index (χ1) is 12.8. The molecule has 3 heterocycles. The van der Waals surface area contributed by atoms with Gasteiger partial charge in [0.1, 0.15) is 21.8 Å². The van der Waals surface area contributed by atoms with E-state index in [1.807, 2.05) is 18.2 Å². The minimum Gasteiger partial charge on any atom is -0.383 e. The number of nitrogens with zero attached hydrogens (tertiary/aromatic N) is 3. The average Bonchev–Trinajstić information content (AvgIpc) is 2.94. The lowest BCUT2D eigenvalue weighted by Gasteiger charge is -2.29. The number of benzene rings is 1. The minimum atomic E-state index is -1.07. The third-order valence-corrected chi connectivity index (χ3v) is 5.31. The molecule has 0 aliphatic carbocycles. The van der Waals surface area contributed by atoms with Gasteiger partial charge in [0, 0.05) is 36.1 Å². The summed E-state index contributed by atoms with van der Waals surface area (Å²) in [6, 6.07) is 10.3. The lowest BCUT2D eigenvalue weighted by atomic mass is 9.78. The average molecular weight is 427 g/mol. The molecule has 5 nitrogen and oxygen atoms in total. The van der Waals surface area contributed by atoms with Gasteiger partial charge in [-0.05, 0) is 52.7 Å². The molecule has 136 valence electrons. The summed E-state index contributed by atoms with van der Waals surface area (Å²) in [5.74, 6) is -0.298. The van der Waals surface area contributed by atoms with Crippen LogP contribution in [0.15, 0.2) is 63.2 Å². The number of hydrogen-bond acceptors (Lipinski definition) is 4. The van der Waals surface area contributed by atoms with E-state index in [9.17, 15) is 9.18 Å². The zero-order valence-corrected chi connectivity index (χ0v) is 16.3. The van der Waals surface area contributed by atoms with Crippen LogP contribution in [0.2, 0.25) is 0 Å². The molecule has 1 aliphatic heterocycles. The molecule has 1 aliphatic rings. The minimum absolute atomic E-state index is 0.0979. The van der Waals surface area contributed by atoms with Gasteiger partial charge in [0.2, 0.25) is 0 Å². The van der Waals surface area contributed by atoms with Gasteiger partial charge in [-0.2, -0.15) is 0 Å². The fourth-order valence-electron chi connectivity index (χ4n) is 3.69. The van der Waals surface area contributed by atoms with Gasteiger partial charge in [-0.15, -0.1) is 0 Å². The van der Waals surface area contributed by atoms with Crippen molar-refractivity contribution in [2.24, 2.45) is 17.8 Å². The molecule has 7 heteroatoms. The molecule has 2 aromatic heterocycles. The van der Waals surface area contributed by atoms with Gasteiger partial charge in [-0.1, -0.05) is 12.1 Å². The van der Waals surface area contributed by atoms with Crippen LogP contribution in [0.3, 0.4) is 0 Å². The maximum atomic E-state index is 14.6. The molecule has 0 spiro atoms. The maximum Gasteiger partial charge on any atom is 0.253 e. The fraction of sp³-hybridized carbons (Fsp3) is 0.150. The Morgan fingerprint density at radius 3 is 2.70 bits per heavy atom. The predicted octanol–water partition coefficient (Wildman–Crippen LogP) is 3.00. The van der Waals surface area contributed by atoms with Crippen LogP contribution in [-0.2, 0) is 12.6 Å². The normalized spacial score (nSPS) is 18.3. The van der Waals surface area contributed by atoms with E-state index in [1.54, 1.807) is 38.5 Å². The Kier molecular flexibility index (Phi) is 3.99. The standard InChI is InChI=1S/C20H16BrFN4O/c1-11-8-13(10-26(2)19(11)27)20(12-6-7-24-16(21)9-12)14-4-3-5-15(22)17(14)18(23)25-20/h3-10H,1-2H3,(H2,23,25). The molecule has 1 atom stereocenters. The van der Waals surface area contributed by atoms with Crippen LogP contribution in [0.5, 0.6) is 0 Å². The van der Waals surface area contributed by atoms with Crippen LogP contribution in [0.25, 0.3) is 0 Å². The third kappa shape index (κ3) is 2.53. The molecule has 4 rings (SSSR count). The van der Waals surface area contributed by atoms with Crippen molar-refractivity contribution in [1.29, 1.82) is 0 Å². The summed E-state index contributed by atoms with van der Waals surface area (Å²) in [4.78, 5) is 21.1. The number of nitrogens with two attached hydrogens (primary N) is 1. The first-order valence-corrected chi connectivity index (χ1v) is 9.08. The molecule has 27 heavy (non-hydrogen) atoms. The number of aryl methyl sites for hydroxylation is 2. The highest BCUT2D eigenvalue weighted by molar-refractivity contribution is 9.10. The summed E-state index contributed by atoms with van der Waals surface area (Å²) in [6.07, 6.45) is 3.37. The zero-order chi connectivity index (χ0) is 19.3. The van der Waals surface area contributed by atoms with Crippen LogP contribution in [0.4, 0.5) is 4.39 Å². The van der Waals surface area contributed by atoms with E-state index in [-0.39, 0.29) is 17.0 Å². The monoisotopic (exact) mass is 426 g/mol. The Balaban J connectivity index is 2.15. The molecule has 0 amide bonds. The second-order valence-corrected chi connectivity index (χ2v) is 7.38. The van der Waals surface area contributed by atoms with Crippen LogP contribution in [0, 0.1) is 12.7 Å². The fourth-order valence-corrected chi connectivity index (χ4v) is 4.06. The summed E-state index contributed by atoms with van der Waals surface area (Å²) in [5, 5.41) is 0. The van der Waals surface area contributed by atoms with E-state index < -0.39 is 11.4 Å². The highest BCUT2D eigenvalue weighted by atomic mass is 79.9. The highest BCUT2D eigenvalue weighted by Crippen LogP contribution is 2.46. The van der Waals surface area contributed by atoms with Gasteiger partial charge >= 0.3 is 0 Å². The van der Waals surface area contributed by atoms with E-state index in [2.05, 4.69) is 20.9 Å². The highest BCUT2D eigenvalue weighted by Gasteiger charge is 2.44. The SMILES string of the molecule is Cc1cc(C2(c3ccnc(Br)c3)N=C(N)c3c(F)cccc32)cn(C)c1=O. The van der Waals surface area contributed by atoms with Crippen LogP contribution in [0.1, 0.15) is 27.8 Å². The number of aromatic nitrogens is 2. The topological polar surface area (TPSA) is 73.3 Å². The Hall–Kier alpha value is -2.80. The maximum absolute atomic E-state index is 14.6. The van der Waals surface area contributed by atoms with Crippen LogP contribution >= 0.6 is 15.9 Å². The van der Waals surface area contributed by atoms with E-state index in [0.717, 1.165) is 11.1 Å². The molecule has 0 fully saturated rings. The second kappa shape index (κ2) is 6.13. The van der Waals surface area contributed by atoms with Crippen molar-refractivity contribution in [2.75, 3.05) is 0 Å². The van der Waals surface area contributed by atoms with Gasteiger partial charge in [0.25, 0.3) is 5.56 Å². The van der Waals surface area contributed by atoms with Gasteiger partial charge < -0.3 is 10.3 Å². The van der Waals surface area contributed by atoms with Crippen LogP contribution in [-0.4, -0.2) is 15.4 Å². The molecule has 0 radical (unpaired) electrons. The zero-order valence-electron chi connectivity index (χ0n) is 14.7. The summed E-state index contributed by atoms with van der Waals surface area (Å²) in [6.45, 7) is 1.75. The number of amidine groups is 1. The van der Waals surface area contributed by atoms with Gasteiger partial charge in [0.05, 0.1) is 5.56 Å². The smallest absolute Gasteiger partial charge is 0.253 e. The summed E-state index contributed by atoms with van der Waals surface area (Å²) in [7, 11) is 1.68. The van der Waals surface area contributed by atoms with E-state index >= 15 is 0 Å². The molecule has 1 aromatic carbocycles. The number of pyridine rings is 2. The van der Waals surface area contributed by atoms with Gasteiger partial charge in [0.15, 0.2) is 0 Å². The lowest BCUT2D eigenvalue weighted by Crippen LogP contribution is -2.29. The van der Waals surface area contributed by atoms with E-state index in [1.165, 1.54) is 10.6 Å². The first kappa shape index (κ1) is 17.6. The number of halogens is 2. The molecule has 2 N–H and O–H groups in total. The molecule has 1 unspecified atom stereocenters. The molecular weight excluding hydrogens is 411 g/mol. The number of aliphatic imine (C=N–C) groups is 1. The van der Waals surface area contributed by atoms with Crippen molar-refractivity contribution in [3.05, 3.63) is 97.4 Å². The van der Waals surface area contributed by atoms with Crippen molar-refractivity contribution in [3.8, 4) is 0 Å². The Morgan fingerprint density at radius 1 is 1.22 bits per heavy atom. The van der Waals surface area contributed by atoms with Crippen molar-refractivity contribution >= 4 is 21.8 Å². The van der Waals surface area contributed by atoms with E-state index in [4.69, 9.17) is 10.7 Å². The largest absolute Gasteiger partial charge is 0.383 e. The van der Waals surface area contributed by atoms with Crippen molar-refractivity contribution < 1.29 is 4.39 Å². The van der Waals surface area contributed by atoms with Gasteiger partial charge in [-0.25, -0.2) is 14.4 Å². The number of hydrogen-bond donors (Lipinski definition) is 1. The van der Waals surface area contributed by atoms with Crippen molar-refractivity contribution in [1.82, 2.24) is 9.55 Å². The Labute approximate surface area is 163 Å². The Bertz CT molecular complexity index is 1140. The molecule has 3 aromatic rings. The number of fused-ring (bicyclic) bond motifs is 1. The quantitative estimate of drug-likeness (QED) is 0.640.